The lowest BCUT2D eigenvalue weighted by atomic mass is 9.97. The van der Waals surface area contributed by atoms with Crippen LogP contribution >= 0.6 is 0 Å². The maximum absolute atomic E-state index is 3.57. The zero-order chi connectivity index (χ0) is 12.8. The van der Waals surface area contributed by atoms with E-state index >= 15 is 0 Å². The van der Waals surface area contributed by atoms with Crippen LogP contribution in [0.5, 0.6) is 0 Å². The lowest BCUT2D eigenvalue weighted by molar-refractivity contribution is 0.115. The molecule has 2 fully saturated rings. The largest absolute Gasteiger partial charge is 0.315 e. The van der Waals surface area contributed by atoms with Gasteiger partial charge in [-0.25, -0.2) is 0 Å². The highest BCUT2D eigenvalue weighted by molar-refractivity contribution is 4.84. The first-order chi connectivity index (χ1) is 8.83. The SMILES string of the molecule is CCCN1CCN(CC(NC)C2CCCC2)CC1. The molecule has 1 heterocycles. The normalized spacial score (nSPS) is 25.7. The Kier molecular flexibility index (Phi) is 5.93. The van der Waals surface area contributed by atoms with E-state index in [0.717, 1.165) is 12.0 Å². The van der Waals surface area contributed by atoms with Gasteiger partial charge in [-0.1, -0.05) is 19.8 Å². The molecule has 1 aliphatic carbocycles. The third-order valence-electron chi connectivity index (χ3n) is 4.80. The molecular weight excluding hydrogens is 222 g/mol. The van der Waals surface area contributed by atoms with Crippen molar-refractivity contribution in [2.75, 3.05) is 46.3 Å². The van der Waals surface area contributed by atoms with E-state index in [1.54, 1.807) is 0 Å². The minimum Gasteiger partial charge on any atom is -0.315 e. The molecule has 0 spiro atoms. The quantitative estimate of drug-likeness (QED) is 0.778. The highest BCUT2D eigenvalue weighted by atomic mass is 15.3. The van der Waals surface area contributed by atoms with Crippen molar-refractivity contribution in [2.45, 2.75) is 45.1 Å². The predicted octanol–water partition coefficient (Wildman–Crippen LogP) is 1.79. The summed E-state index contributed by atoms with van der Waals surface area (Å²) in [5, 5.41) is 3.57. The Balaban J connectivity index is 1.72. The second kappa shape index (κ2) is 7.46. The Labute approximate surface area is 113 Å². The smallest absolute Gasteiger partial charge is 0.0220 e. The van der Waals surface area contributed by atoms with Crippen molar-refractivity contribution in [2.24, 2.45) is 5.92 Å². The Bertz CT molecular complexity index is 218. The fourth-order valence-electron chi connectivity index (χ4n) is 3.63. The van der Waals surface area contributed by atoms with Gasteiger partial charge in [0.05, 0.1) is 0 Å². The number of piperazine rings is 1. The zero-order valence-electron chi connectivity index (χ0n) is 12.3. The number of nitrogens with one attached hydrogen (secondary N) is 1. The third kappa shape index (κ3) is 3.94. The van der Waals surface area contributed by atoms with E-state index in [2.05, 4.69) is 29.1 Å². The maximum atomic E-state index is 3.57. The van der Waals surface area contributed by atoms with Gasteiger partial charge in [0.25, 0.3) is 0 Å². The molecule has 1 saturated heterocycles. The Morgan fingerprint density at radius 3 is 2.22 bits per heavy atom. The van der Waals surface area contributed by atoms with Crippen molar-refractivity contribution < 1.29 is 0 Å². The van der Waals surface area contributed by atoms with Gasteiger partial charge in [0, 0.05) is 38.8 Å². The number of hydrogen-bond donors (Lipinski definition) is 1. The van der Waals surface area contributed by atoms with E-state index in [4.69, 9.17) is 0 Å². The van der Waals surface area contributed by atoms with Crippen molar-refractivity contribution >= 4 is 0 Å². The van der Waals surface area contributed by atoms with Crippen LogP contribution in [-0.4, -0.2) is 62.2 Å². The minimum absolute atomic E-state index is 0.727. The van der Waals surface area contributed by atoms with E-state index < -0.39 is 0 Å². The molecular formula is C15H31N3. The van der Waals surface area contributed by atoms with Crippen LogP contribution in [0, 0.1) is 5.92 Å². The van der Waals surface area contributed by atoms with Crippen molar-refractivity contribution in [3.05, 3.63) is 0 Å². The van der Waals surface area contributed by atoms with Crippen LogP contribution in [0.3, 0.4) is 0 Å². The molecule has 1 atom stereocenters. The zero-order valence-corrected chi connectivity index (χ0v) is 12.3. The summed E-state index contributed by atoms with van der Waals surface area (Å²) in [6.07, 6.45) is 7.09. The first kappa shape index (κ1) is 14.3. The lowest BCUT2D eigenvalue weighted by Gasteiger charge is -2.37. The van der Waals surface area contributed by atoms with E-state index in [-0.39, 0.29) is 0 Å². The van der Waals surface area contributed by atoms with Crippen LogP contribution in [-0.2, 0) is 0 Å². The molecule has 3 heteroatoms. The molecule has 0 amide bonds. The molecule has 0 aromatic carbocycles. The van der Waals surface area contributed by atoms with Gasteiger partial charge < -0.3 is 10.2 Å². The molecule has 1 N–H and O–H groups in total. The highest BCUT2D eigenvalue weighted by Gasteiger charge is 2.26. The van der Waals surface area contributed by atoms with Crippen LogP contribution in [0.4, 0.5) is 0 Å². The summed E-state index contributed by atoms with van der Waals surface area (Å²) in [7, 11) is 2.15. The fourth-order valence-corrected chi connectivity index (χ4v) is 3.63. The molecule has 2 rings (SSSR count). The molecule has 2 aliphatic rings. The van der Waals surface area contributed by atoms with E-state index in [9.17, 15) is 0 Å². The average molecular weight is 253 g/mol. The van der Waals surface area contributed by atoms with Gasteiger partial charge in [0.1, 0.15) is 0 Å². The summed E-state index contributed by atoms with van der Waals surface area (Å²) >= 11 is 0. The summed E-state index contributed by atoms with van der Waals surface area (Å²) in [5.74, 6) is 0.934. The molecule has 106 valence electrons. The van der Waals surface area contributed by atoms with Crippen LogP contribution in [0.25, 0.3) is 0 Å². The van der Waals surface area contributed by atoms with Crippen molar-refractivity contribution in [3.8, 4) is 0 Å². The van der Waals surface area contributed by atoms with Gasteiger partial charge in [0.2, 0.25) is 0 Å². The molecule has 3 nitrogen and oxygen atoms in total. The van der Waals surface area contributed by atoms with Crippen LogP contribution in [0.1, 0.15) is 39.0 Å². The first-order valence-corrected chi connectivity index (χ1v) is 7.95. The molecule has 18 heavy (non-hydrogen) atoms. The van der Waals surface area contributed by atoms with Gasteiger partial charge in [0.15, 0.2) is 0 Å². The summed E-state index contributed by atoms with van der Waals surface area (Å²) in [6, 6.07) is 0.727. The van der Waals surface area contributed by atoms with Crippen molar-refractivity contribution in [3.63, 3.8) is 0 Å². The van der Waals surface area contributed by atoms with Crippen molar-refractivity contribution in [1.82, 2.24) is 15.1 Å². The molecule has 1 unspecified atom stereocenters. The van der Waals surface area contributed by atoms with Gasteiger partial charge >= 0.3 is 0 Å². The van der Waals surface area contributed by atoms with Gasteiger partial charge in [-0.3, -0.25) is 4.90 Å². The monoisotopic (exact) mass is 253 g/mol. The number of likely N-dealkylation sites (N-methyl/N-ethyl adjacent to an activating group) is 1. The van der Waals surface area contributed by atoms with E-state index in [1.807, 2.05) is 0 Å². The fraction of sp³-hybridized carbons (Fsp3) is 1.00. The molecule has 0 radical (unpaired) electrons. The minimum atomic E-state index is 0.727. The average Bonchev–Trinajstić information content (AvgIpc) is 2.92. The Hall–Kier alpha value is -0.120. The van der Waals surface area contributed by atoms with Crippen LogP contribution in [0.2, 0.25) is 0 Å². The third-order valence-corrected chi connectivity index (χ3v) is 4.80. The number of rotatable bonds is 6. The molecule has 1 saturated carbocycles. The van der Waals surface area contributed by atoms with Crippen LogP contribution < -0.4 is 5.32 Å². The predicted molar refractivity (Wildman–Crippen MR) is 78.0 cm³/mol. The van der Waals surface area contributed by atoms with Gasteiger partial charge in [-0.15, -0.1) is 0 Å². The van der Waals surface area contributed by atoms with Gasteiger partial charge in [-0.05, 0) is 38.8 Å². The molecule has 0 bridgehead atoms. The Morgan fingerprint density at radius 2 is 1.67 bits per heavy atom. The number of nitrogens with zero attached hydrogens (tertiary/aromatic N) is 2. The molecule has 0 aromatic heterocycles. The van der Waals surface area contributed by atoms with Gasteiger partial charge in [-0.2, -0.15) is 0 Å². The summed E-state index contributed by atoms with van der Waals surface area (Å²) in [5.41, 5.74) is 0. The highest BCUT2D eigenvalue weighted by Crippen LogP contribution is 2.28. The van der Waals surface area contributed by atoms with E-state index in [1.165, 1.54) is 71.4 Å². The Morgan fingerprint density at radius 1 is 1.06 bits per heavy atom. The summed E-state index contributed by atoms with van der Waals surface area (Å²) < 4.78 is 0. The topological polar surface area (TPSA) is 18.5 Å². The maximum Gasteiger partial charge on any atom is 0.0220 e. The summed E-state index contributed by atoms with van der Waals surface area (Å²) in [4.78, 5) is 5.28. The van der Waals surface area contributed by atoms with Crippen LogP contribution in [0.15, 0.2) is 0 Å². The lowest BCUT2D eigenvalue weighted by Crippen LogP contribution is -2.51. The first-order valence-electron chi connectivity index (χ1n) is 7.95. The number of hydrogen-bond acceptors (Lipinski definition) is 3. The molecule has 0 aromatic rings. The summed E-state index contributed by atoms with van der Waals surface area (Å²) in [6.45, 7) is 9.91. The second-order valence-corrected chi connectivity index (χ2v) is 6.08. The standard InChI is InChI=1S/C15H31N3/c1-3-8-17-9-11-18(12-10-17)13-15(16-2)14-6-4-5-7-14/h14-16H,3-13H2,1-2H3. The molecule has 1 aliphatic heterocycles. The van der Waals surface area contributed by atoms with E-state index in [0.29, 0.717) is 0 Å². The van der Waals surface area contributed by atoms with Crippen molar-refractivity contribution in [1.29, 1.82) is 0 Å². The second-order valence-electron chi connectivity index (χ2n) is 6.08.